The smallest absolute Gasteiger partial charge is 0.192 e. The third kappa shape index (κ3) is 6.89. The van der Waals surface area contributed by atoms with Gasteiger partial charge in [-0.15, -0.1) is 12.4 Å². The average molecular weight is 268 g/mol. The van der Waals surface area contributed by atoms with E-state index in [1.807, 2.05) is 0 Å². The van der Waals surface area contributed by atoms with Crippen LogP contribution in [0.2, 0.25) is 18.1 Å². The summed E-state index contributed by atoms with van der Waals surface area (Å²) >= 11 is 0. The lowest BCUT2D eigenvalue weighted by Gasteiger charge is -2.36. The molecule has 0 aromatic carbocycles. The van der Waals surface area contributed by atoms with Gasteiger partial charge < -0.3 is 10.2 Å². The van der Waals surface area contributed by atoms with Crippen LogP contribution in [0.1, 0.15) is 47.0 Å². The standard InChI is InChI=1S/C12H29NOSi.ClH/c1-7-8-9-11(13)10-14-15(5,6)12(2,3)4;/h11H,7-10,13H2,1-6H3;1H/t11-;/m0./s1. The van der Waals surface area contributed by atoms with Crippen LogP contribution in [0.15, 0.2) is 0 Å². The zero-order chi connectivity index (χ0) is 12.1. The quantitative estimate of drug-likeness (QED) is 0.740. The molecule has 1 atom stereocenters. The van der Waals surface area contributed by atoms with Gasteiger partial charge in [-0.1, -0.05) is 40.5 Å². The summed E-state index contributed by atoms with van der Waals surface area (Å²) < 4.78 is 6.07. The van der Waals surface area contributed by atoms with Crippen LogP contribution >= 0.6 is 12.4 Å². The van der Waals surface area contributed by atoms with E-state index in [4.69, 9.17) is 10.2 Å². The fourth-order valence-corrected chi connectivity index (χ4v) is 2.15. The summed E-state index contributed by atoms with van der Waals surface area (Å²) in [6.45, 7) is 14.3. The fourth-order valence-electron chi connectivity index (χ4n) is 1.08. The van der Waals surface area contributed by atoms with Gasteiger partial charge in [-0.3, -0.25) is 0 Å². The van der Waals surface area contributed by atoms with Gasteiger partial charge >= 0.3 is 0 Å². The molecule has 0 aromatic heterocycles. The molecule has 16 heavy (non-hydrogen) atoms. The zero-order valence-electron chi connectivity index (χ0n) is 11.8. The molecule has 0 amide bonds. The second-order valence-corrected chi connectivity index (χ2v) is 10.8. The van der Waals surface area contributed by atoms with Crippen molar-refractivity contribution >= 4 is 20.7 Å². The fraction of sp³-hybridized carbons (Fsp3) is 1.00. The molecule has 0 aliphatic carbocycles. The first-order valence-corrected chi connectivity index (χ1v) is 9.01. The van der Waals surface area contributed by atoms with Gasteiger partial charge in [0, 0.05) is 12.6 Å². The summed E-state index contributed by atoms with van der Waals surface area (Å²) in [7, 11) is -1.59. The van der Waals surface area contributed by atoms with Gasteiger partial charge in [-0.2, -0.15) is 0 Å². The monoisotopic (exact) mass is 267 g/mol. The molecule has 2 nitrogen and oxygen atoms in total. The molecule has 0 radical (unpaired) electrons. The van der Waals surface area contributed by atoms with E-state index in [0.29, 0.717) is 0 Å². The Morgan fingerprint density at radius 1 is 1.25 bits per heavy atom. The number of unbranched alkanes of at least 4 members (excludes halogenated alkanes) is 1. The highest BCUT2D eigenvalue weighted by atomic mass is 35.5. The second-order valence-electron chi connectivity index (χ2n) is 5.97. The van der Waals surface area contributed by atoms with E-state index in [1.54, 1.807) is 0 Å². The van der Waals surface area contributed by atoms with Crippen molar-refractivity contribution in [2.75, 3.05) is 6.61 Å². The van der Waals surface area contributed by atoms with Gasteiger partial charge in [0.2, 0.25) is 0 Å². The van der Waals surface area contributed by atoms with Gasteiger partial charge in [0.1, 0.15) is 0 Å². The molecule has 0 heterocycles. The summed E-state index contributed by atoms with van der Waals surface area (Å²) in [6.07, 6.45) is 3.51. The van der Waals surface area contributed by atoms with Crippen molar-refractivity contribution in [3.8, 4) is 0 Å². The van der Waals surface area contributed by atoms with Crippen molar-refractivity contribution in [2.45, 2.75) is 71.1 Å². The maximum atomic E-state index is 6.07. The number of nitrogens with two attached hydrogens (primary N) is 1. The molecule has 0 aliphatic rings. The Labute approximate surface area is 109 Å². The Kier molecular flexibility index (Phi) is 9.03. The molecule has 0 aliphatic heterocycles. The summed E-state index contributed by atoms with van der Waals surface area (Å²) in [4.78, 5) is 0. The first kappa shape index (κ1) is 18.8. The van der Waals surface area contributed by atoms with Crippen LogP contribution in [0.4, 0.5) is 0 Å². The lowest BCUT2D eigenvalue weighted by Crippen LogP contribution is -2.44. The lowest BCUT2D eigenvalue weighted by atomic mass is 10.1. The van der Waals surface area contributed by atoms with Crippen molar-refractivity contribution in [1.29, 1.82) is 0 Å². The van der Waals surface area contributed by atoms with Crippen molar-refractivity contribution in [3.63, 3.8) is 0 Å². The maximum absolute atomic E-state index is 6.07. The van der Waals surface area contributed by atoms with Gasteiger partial charge in [0.15, 0.2) is 8.32 Å². The van der Waals surface area contributed by atoms with Crippen molar-refractivity contribution in [3.05, 3.63) is 0 Å². The molecule has 0 spiro atoms. The molecular formula is C12H30ClNOSi. The molecule has 0 fully saturated rings. The van der Waals surface area contributed by atoms with Crippen LogP contribution in [0.5, 0.6) is 0 Å². The minimum Gasteiger partial charge on any atom is -0.415 e. The zero-order valence-corrected chi connectivity index (χ0v) is 13.6. The maximum Gasteiger partial charge on any atom is 0.192 e. The minimum absolute atomic E-state index is 0. The second kappa shape index (κ2) is 7.70. The number of hydrogen-bond acceptors (Lipinski definition) is 2. The topological polar surface area (TPSA) is 35.2 Å². The molecule has 100 valence electrons. The molecule has 0 saturated carbocycles. The van der Waals surface area contributed by atoms with E-state index in [2.05, 4.69) is 40.8 Å². The molecule has 0 aromatic rings. The Morgan fingerprint density at radius 3 is 2.12 bits per heavy atom. The number of halogens is 1. The van der Waals surface area contributed by atoms with Crippen LogP contribution in [0.25, 0.3) is 0 Å². The Bertz CT molecular complexity index is 180. The average Bonchev–Trinajstić information content (AvgIpc) is 2.09. The normalized spacial score (nSPS) is 14.4. The molecule has 0 saturated heterocycles. The van der Waals surface area contributed by atoms with Crippen molar-refractivity contribution in [1.82, 2.24) is 0 Å². The molecule has 2 N–H and O–H groups in total. The van der Waals surface area contributed by atoms with Gasteiger partial charge in [0.25, 0.3) is 0 Å². The number of hydrogen-bond donors (Lipinski definition) is 1. The van der Waals surface area contributed by atoms with E-state index in [1.165, 1.54) is 12.8 Å². The van der Waals surface area contributed by atoms with Crippen LogP contribution in [0.3, 0.4) is 0 Å². The van der Waals surface area contributed by atoms with Crippen molar-refractivity contribution < 1.29 is 4.43 Å². The van der Waals surface area contributed by atoms with Gasteiger partial charge in [0.05, 0.1) is 0 Å². The number of rotatable bonds is 6. The Balaban J connectivity index is 0. The third-order valence-corrected chi connectivity index (χ3v) is 7.89. The summed E-state index contributed by atoms with van der Waals surface area (Å²) in [5.41, 5.74) is 6.01. The molecule has 4 heteroatoms. The first-order chi connectivity index (χ1) is 6.70. The Hall–Kier alpha value is 0.427. The van der Waals surface area contributed by atoms with E-state index in [-0.39, 0.29) is 23.5 Å². The third-order valence-electron chi connectivity index (χ3n) is 3.39. The van der Waals surface area contributed by atoms with Crippen LogP contribution < -0.4 is 5.73 Å². The Morgan fingerprint density at radius 2 is 1.75 bits per heavy atom. The molecule has 0 rings (SSSR count). The van der Waals surface area contributed by atoms with Crippen LogP contribution in [-0.2, 0) is 4.43 Å². The molecule has 0 unspecified atom stereocenters. The highest BCUT2D eigenvalue weighted by Crippen LogP contribution is 2.36. The van der Waals surface area contributed by atoms with Crippen LogP contribution in [0, 0.1) is 0 Å². The highest BCUT2D eigenvalue weighted by Gasteiger charge is 2.37. The minimum atomic E-state index is -1.59. The van der Waals surface area contributed by atoms with Crippen LogP contribution in [-0.4, -0.2) is 21.0 Å². The van der Waals surface area contributed by atoms with E-state index in [0.717, 1.165) is 13.0 Å². The van der Waals surface area contributed by atoms with Gasteiger partial charge in [-0.05, 0) is 24.6 Å². The summed E-state index contributed by atoms with van der Waals surface area (Å²) in [5.74, 6) is 0. The largest absolute Gasteiger partial charge is 0.415 e. The predicted octanol–water partition coefficient (Wildman–Crippen LogP) is 3.95. The van der Waals surface area contributed by atoms with E-state index < -0.39 is 8.32 Å². The molecule has 0 bridgehead atoms. The van der Waals surface area contributed by atoms with Gasteiger partial charge in [-0.25, -0.2) is 0 Å². The highest BCUT2D eigenvalue weighted by molar-refractivity contribution is 6.74. The summed E-state index contributed by atoms with van der Waals surface area (Å²) in [5, 5.41) is 0.289. The van der Waals surface area contributed by atoms with E-state index in [9.17, 15) is 0 Å². The van der Waals surface area contributed by atoms with E-state index >= 15 is 0 Å². The SMILES string of the molecule is CCCC[C@H](N)CO[Si](C)(C)C(C)(C)C.Cl. The summed E-state index contributed by atoms with van der Waals surface area (Å²) in [6, 6.07) is 0.221. The first-order valence-electron chi connectivity index (χ1n) is 6.10. The lowest BCUT2D eigenvalue weighted by molar-refractivity contribution is 0.256. The van der Waals surface area contributed by atoms with Crippen molar-refractivity contribution in [2.24, 2.45) is 5.73 Å². The predicted molar refractivity (Wildman–Crippen MR) is 77.9 cm³/mol. The molecular weight excluding hydrogens is 238 g/mol.